The molecule has 22 heavy (non-hydrogen) atoms. The third-order valence-electron chi connectivity index (χ3n) is 3.34. The number of methoxy groups -OCH3 is 2. The fourth-order valence-electron chi connectivity index (χ4n) is 2.01. The summed E-state index contributed by atoms with van der Waals surface area (Å²) in [4.78, 5) is 12.2. The van der Waals surface area contributed by atoms with Crippen LogP contribution in [-0.2, 0) is 6.42 Å². The van der Waals surface area contributed by atoms with E-state index >= 15 is 0 Å². The molecule has 112 valence electrons. The van der Waals surface area contributed by atoms with E-state index in [-0.39, 0.29) is 5.78 Å². The molecule has 0 amide bonds. The summed E-state index contributed by atoms with van der Waals surface area (Å²) in [5.74, 6) is 6.36. The van der Waals surface area contributed by atoms with E-state index < -0.39 is 0 Å². The summed E-state index contributed by atoms with van der Waals surface area (Å²) in [7, 11) is 3.08. The second-order valence-electron chi connectivity index (χ2n) is 4.70. The first-order valence-corrected chi connectivity index (χ1v) is 7.05. The Morgan fingerprint density at radius 3 is 2.36 bits per heavy atom. The Labute approximate surface area is 130 Å². The van der Waals surface area contributed by atoms with Crippen LogP contribution in [0.15, 0.2) is 42.5 Å². The molecule has 0 unspecified atom stereocenters. The first kappa shape index (κ1) is 15.7. The predicted molar refractivity (Wildman–Crippen MR) is 86.6 cm³/mol. The molecule has 0 spiro atoms. The van der Waals surface area contributed by atoms with Gasteiger partial charge in [-0.15, -0.1) is 0 Å². The molecule has 0 aromatic heterocycles. The first-order valence-electron chi connectivity index (χ1n) is 7.05. The van der Waals surface area contributed by atoms with Crippen molar-refractivity contribution in [3.05, 3.63) is 59.2 Å². The summed E-state index contributed by atoms with van der Waals surface area (Å²) in [6.45, 7) is 2.10. The summed E-state index contributed by atoms with van der Waals surface area (Å²) in [6, 6.07) is 12.9. The van der Waals surface area contributed by atoms with Crippen LogP contribution in [0.25, 0.3) is 0 Å². The van der Waals surface area contributed by atoms with Gasteiger partial charge in [-0.05, 0) is 42.2 Å². The number of aryl methyl sites for hydroxylation is 1. The summed E-state index contributed by atoms with van der Waals surface area (Å²) < 4.78 is 10.3. The number of benzene rings is 2. The van der Waals surface area contributed by atoms with E-state index in [4.69, 9.17) is 9.47 Å². The smallest absolute Gasteiger partial charge is 0.239 e. The molecule has 3 nitrogen and oxygen atoms in total. The molecule has 0 aliphatic heterocycles. The zero-order valence-electron chi connectivity index (χ0n) is 13.0. The minimum absolute atomic E-state index is 0.279. The maximum Gasteiger partial charge on any atom is 0.239 e. The van der Waals surface area contributed by atoms with Crippen molar-refractivity contribution in [2.24, 2.45) is 0 Å². The van der Waals surface area contributed by atoms with Gasteiger partial charge < -0.3 is 9.47 Å². The molecule has 0 N–H and O–H groups in total. The van der Waals surface area contributed by atoms with Crippen LogP contribution in [0, 0.1) is 11.8 Å². The molecule has 0 saturated carbocycles. The van der Waals surface area contributed by atoms with Crippen LogP contribution in [0.4, 0.5) is 0 Å². The Hall–Kier alpha value is -2.73. The summed E-state index contributed by atoms with van der Waals surface area (Å²) in [5, 5.41) is 0. The SMILES string of the molecule is CCc1ccc(C#CC(=O)c2ccc(OC)cc2OC)cc1. The van der Waals surface area contributed by atoms with Crippen molar-refractivity contribution in [3.63, 3.8) is 0 Å². The average Bonchev–Trinajstić information content (AvgIpc) is 2.59. The molecule has 2 aromatic rings. The quantitative estimate of drug-likeness (QED) is 0.639. The van der Waals surface area contributed by atoms with Gasteiger partial charge in [0.25, 0.3) is 0 Å². The van der Waals surface area contributed by atoms with E-state index in [1.807, 2.05) is 24.3 Å². The third kappa shape index (κ3) is 3.67. The summed E-state index contributed by atoms with van der Waals surface area (Å²) in [6.07, 6.45) is 0.982. The van der Waals surface area contributed by atoms with E-state index in [1.165, 1.54) is 12.7 Å². The standard InChI is InChI=1S/C19H18O3/c1-4-14-5-7-15(8-6-14)9-12-18(20)17-11-10-16(21-2)13-19(17)22-3/h5-8,10-11,13H,4H2,1-3H3. The zero-order chi connectivity index (χ0) is 15.9. The van der Waals surface area contributed by atoms with Crippen LogP contribution in [0.5, 0.6) is 11.5 Å². The molecule has 0 heterocycles. The van der Waals surface area contributed by atoms with Crippen molar-refractivity contribution in [3.8, 4) is 23.3 Å². The minimum atomic E-state index is -0.279. The Morgan fingerprint density at radius 1 is 1.05 bits per heavy atom. The second kappa shape index (κ2) is 7.33. The molecule has 0 aliphatic rings. The highest BCUT2D eigenvalue weighted by atomic mass is 16.5. The lowest BCUT2D eigenvalue weighted by molar-refractivity contribution is 0.105. The van der Waals surface area contributed by atoms with Gasteiger partial charge >= 0.3 is 0 Å². The highest BCUT2D eigenvalue weighted by molar-refractivity contribution is 6.11. The summed E-state index contributed by atoms with van der Waals surface area (Å²) in [5.41, 5.74) is 2.49. The van der Waals surface area contributed by atoms with Crippen LogP contribution >= 0.6 is 0 Å². The molecular weight excluding hydrogens is 276 g/mol. The van der Waals surface area contributed by atoms with Crippen molar-refractivity contribution in [1.82, 2.24) is 0 Å². The maximum atomic E-state index is 12.2. The molecule has 0 aliphatic carbocycles. The van der Waals surface area contributed by atoms with Gasteiger partial charge in [-0.1, -0.05) is 25.0 Å². The van der Waals surface area contributed by atoms with Crippen molar-refractivity contribution in [2.75, 3.05) is 14.2 Å². The average molecular weight is 294 g/mol. The topological polar surface area (TPSA) is 35.5 Å². The number of ketones is 1. The fraction of sp³-hybridized carbons (Fsp3) is 0.211. The zero-order valence-corrected chi connectivity index (χ0v) is 13.0. The van der Waals surface area contributed by atoms with E-state index in [0.29, 0.717) is 17.1 Å². The number of Topliss-reactive ketones (excluding diaryl/α,β-unsaturated/α-hetero) is 1. The Morgan fingerprint density at radius 2 is 1.77 bits per heavy atom. The Balaban J connectivity index is 2.23. The Bertz CT molecular complexity index is 719. The van der Waals surface area contributed by atoms with Crippen LogP contribution in [0.3, 0.4) is 0 Å². The predicted octanol–water partition coefficient (Wildman–Crippen LogP) is 3.50. The molecule has 0 radical (unpaired) electrons. The number of rotatable bonds is 4. The van der Waals surface area contributed by atoms with Gasteiger partial charge in [0.05, 0.1) is 19.8 Å². The Kier molecular flexibility index (Phi) is 5.21. The number of ether oxygens (including phenoxy) is 2. The highest BCUT2D eigenvalue weighted by Crippen LogP contribution is 2.24. The van der Waals surface area contributed by atoms with Gasteiger partial charge in [0.15, 0.2) is 0 Å². The fourth-order valence-corrected chi connectivity index (χ4v) is 2.01. The maximum absolute atomic E-state index is 12.2. The lowest BCUT2D eigenvalue weighted by atomic mass is 10.1. The number of carbonyl (C=O) groups is 1. The minimum Gasteiger partial charge on any atom is -0.497 e. The van der Waals surface area contributed by atoms with Gasteiger partial charge in [0.2, 0.25) is 5.78 Å². The van der Waals surface area contributed by atoms with Crippen LogP contribution in [0.1, 0.15) is 28.4 Å². The van der Waals surface area contributed by atoms with Crippen molar-refractivity contribution in [1.29, 1.82) is 0 Å². The molecule has 0 bridgehead atoms. The third-order valence-corrected chi connectivity index (χ3v) is 3.34. The molecule has 2 rings (SSSR count). The van der Waals surface area contributed by atoms with E-state index in [1.54, 1.807) is 25.3 Å². The molecule has 2 aromatic carbocycles. The monoisotopic (exact) mass is 294 g/mol. The van der Waals surface area contributed by atoms with Crippen molar-refractivity contribution < 1.29 is 14.3 Å². The number of hydrogen-bond donors (Lipinski definition) is 0. The van der Waals surface area contributed by atoms with Crippen molar-refractivity contribution in [2.45, 2.75) is 13.3 Å². The number of hydrogen-bond acceptors (Lipinski definition) is 3. The van der Waals surface area contributed by atoms with E-state index in [9.17, 15) is 4.79 Å². The molecule has 0 saturated heterocycles. The van der Waals surface area contributed by atoms with Crippen molar-refractivity contribution >= 4 is 5.78 Å². The van der Waals surface area contributed by atoms with Gasteiger partial charge in [0.1, 0.15) is 11.5 Å². The first-order chi connectivity index (χ1) is 10.7. The van der Waals surface area contributed by atoms with Crippen LogP contribution < -0.4 is 9.47 Å². The van der Waals surface area contributed by atoms with Gasteiger partial charge in [0, 0.05) is 11.6 Å². The second-order valence-corrected chi connectivity index (χ2v) is 4.70. The lowest BCUT2D eigenvalue weighted by Gasteiger charge is -2.07. The normalized spacial score (nSPS) is 9.59. The highest BCUT2D eigenvalue weighted by Gasteiger charge is 2.11. The number of carbonyl (C=O) groups excluding carboxylic acids is 1. The van der Waals surface area contributed by atoms with Gasteiger partial charge in [-0.25, -0.2) is 0 Å². The molecule has 3 heteroatoms. The molecule has 0 fully saturated rings. The van der Waals surface area contributed by atoms with Crippen LogP contribution in [-0.4, -0.2) is 20.0 Å². The van der Waals surface area contributed by atoms with Crippen LogP contribution in [0.2, 0.25) is 0 Å². The van der Waals surface area contributed by atoms with Gasteiger partial charge in [-0.3, -0.25) is 4.79 Å². The lowest BCUT2D eigenvalue weighted by Crippen LogP contribution is -2.00. The summed E-state index contributed by atoms with van der Waals surface area (Å²) >= 11 is 0. The molecular formula is C19H18O3. The van der Waals surface area contributed by atoms with Gasteiger partial charge in [-0.2, -0.15) is 0 Å². The van der Waals surface area contributed by atoms with E-state index in [2.05, 4.69) is 18.8 Å². The largest absolute Gasteiger partial charge is 0.497 e. The molecule has 0 atom stereocenters. The van der Waals surface area contributed by atoms with E-state index in [0.717, 1.165) is 12.0 Å².